The van der Waals surface area contributed by atoms with Crippen LogP contribution >= 0.6 is 0 Å². The van der Waals surface area contributed by atoms with Crippen molar-refractivity contribution in [2.24, 2.45) is 0 Å². The van der Waals surface area contributed by atoms with E-state index in [9.17, 15) is 10.2 Å². The first-order valence-corrected chi connectivity index (χ1v) is 18.0. The van der Waals surface area contributed by atoms with Crippen molar-refractivity contribution in [3.05, 3.63) is 41.5 Å². The molecule has 2 rings (SSSR count). The van der Waals surface area contributed by atoms with Gasteiger partial charge in [-0.05, 0) is 91.9 Å². The highest BCUT2D eigenvalue weighted by Gasteiger charge is 2.40. The molecule has 0 unspecified atom stereocenters. The topological polar surface area (TPSA) is 58.9 Å². The van der Waals surface area contributed by atoms with Crippen molar-refractivity contribution in [2.75, 3.05) is 0 Å². The first-order chi connectivity index (χ1) is 15.1. The van der Waals surface area contributed by atoms with Crippen molar-refractivity contribution >= 4 is 16.6 Å². The molecule has 0 heterocycles. The molecule has 0 amide bonds. The van der Waals surface area contributed by atoms with Gasteiger partial charge in [0, 0.05) is 11.6 Å². The van der Waals surface area contributed by atoms with Gasteiger partial charge in [0.15, 0.2) is 0 Å². The third-order valence-electron chi connectivity index (χ3n) is 7.58. The number of benzene rings is 2. The van der Waals surface area contributed by atoms with Gasteiger partial charge in [-0.3, -0.25) is 0 Å². The Hall–Kier alpha value is -1.77. The van der Waals surface area contributed by atoms with Crippen LogP contribution in [-0.4, -0.2) is 26.8 Å². The number of hydrogen-bond acceptors (Lipinski definition) is 4. The summed E-state index contributed by atoms with van der Waals surface area (Å²) in [6, 6.07) is 9.49. The number of aryl methyl sites for hydroxylation is 1. The number of phenols is 1. The second-order valence-corrected chi connectivity index (χ2v) is 22.6. The third-order valence-corrected chi connectivity index (χ3v) is 16.3. The Labute approximate surface area is 209 Å². The average Bonchev–Trinajstić information content (AvgIpc) is 2.61. The molecule has 0 aromatic heterocycles. The molecule has 0 aliphatic rings. The van der Waals surface area contributed by atoms with E-state index in [1.165, 1.54) is 0 Å². The van der Waals surface area contributed by atoms with E-state index in [0.717, 1.165) is 28.2 Å². The number of aliphatic hydroxyl groups is 1. The summed E-state index contributed by atoms with van der Waals surface area (Å²) in [4.78, 5) is 0. The fourth-order valence-corrected chi connectivity index (χ4v) is 5.30. The molecule has 2 aromatic carbocycles. The molecule has 2 aromatic rings. The largest absolute Gasteiger partial charge is 0.543 e. The molecule has 4 nitrogen and oxygen atoms in total. The van der Waals surface area contributed by atoms with Gasteiger partial charge < -0.3 is 19.1 Å². The second kappa shape index (κ2) is 9.03. The maximum atomic E-state index is 11.1. The Bertz CT molecular complexity index is 1040. The standard InChI is InChI=1S/C28H46O4Si2/c1-19-16-22(24(29)18-25(19)32-34(12,13)27(5,6)7)21-15-14-20(17-23(21)28(8,9)30)31-33(10,11)26(2,3)4/h14-18,29-30H,1-13H3. The number of phenolic OH excluding ortho intramolecular Hbond substituents is 1. The van der Waals surface area contributed by atoms with Crippen molar-refractivity contribution in [3.63, 3.8) is 0 Å². The van der Waals surface area contributed by atoms with Gasteiger partial charge in [0.2, 0.25) is 16.6 Å². The first-order valence-electron chi connectivity index (χ1n) is 12.2. The van der Waals surface area contributed by atoms with E-state index in [1.54, 1.807) is 19.9 Å². The highest BCUT2D eigenvalue weighted by molar-refractivity contribution is 6.75. The summed E-state index contributed by atoms with van der Waals surface area (Å²) in [5.74, 6) is 1.61. The predicted octanol–water partition coefficient (Wildman–Crippen LogP) is 8.36. The Kier molecular flexibility index (Phi) is 7.56. The van der Waals surface area contributed by atoms with Crippen LogP contribution in [-0.2, 0) is 5.60 Å². The lowest BCUT2D eigenvalue weighted by Crippen LogP contribution is -2.44. The Morgan fingerprint density at radius 3 is 1.68 bits per heavy atom. The molecule has 0 atom stereocenters. The zero-order valence-corrected chi connectivity index (χ0v) is 25.6. The van der Waals surface area contributed by atoms with E-state index in [4.69, 9.17) is 8.85 Å². The van der Waals surface area contributed by atoms with Gasteiger partial charge in [0.1, 0.15) is 17.2 Å². The minimum absolute atomic E-state index is 0.0573. The summed E-state index contributed by atoms with van der Waals surface area (Å²) in [7, 11) is -4.08. The van der Waals surface area contributed by atoms with Crippen molar-refractivity contribution in [2.45, 2.75) is 104 Å². The highest BCUT2D eigenvalue weighted by atomic mass is 28.4. The van der Waals surface area contributed by atoms with E-state index in [-0.39, 0.29) is 15.8 Å². The number of hydrogen-bond donors (Lipinski definition) is 2. The molecule has 0 saturated carbocycles. The molecule has 2 N–H and O–H groups in total. The molecule has 0 bridgehead atoms. The summed E-state index contributed by atoms with van der Waals surface area (Å²) in [5, 5.41) is 22.2. The van der Waals surface area contributed by atoms with Crippen molar-refractivity contribution < 1.29 is 19.1 Å². The third kappa shape index (κ3) is 6.07. The Morgan fingerprint density at radius 2 is 1.21 bits per heavy atom. The lowest BCUT2D eigenvalue weighted by atomic mass is 9.88. The summed E-state index contributed by atoms with van der Waals surface area (Å²) in [5.41, 5.74) is 2.03. The smallest absolute Gasteiger partial charge is 0.250 e. The molecule has 0 spiro atoms. The van der Waals surface area contributed by atoms with Crippen LogP contribution in [0, 0.1) is 6.92 Å². The summed E-state index contributed by atoms with van der Waals surface area (Å²) < 4.78 is 13.0. The number of aromatic hydroxyl groups is 1. The fourth-order valence-electron chi connectivity index (χ4n) is 3.21. The normalized spacial score (nSPS) is 13.7. The van der Waals surface area contributed by atoms with Gasteiger partial charge in [0.05, 0.1) is 5.60 Å². The van der Waals surface area contributed by atoms with Gasteiger partial charge in [-0.1, -0.05) is 47.6 Å². The van der Waals surface area contributed by atoms with E-state index < -0.39 is 22.2 Å². The van der Waals surface area contributed by atoms with Crippen LogP contribution in [0.2, 0.25) is 36.3 Å². The molecular formula is C28H46O4Si2. The lowest BCUT2D eigenvalue weighted by Gasteiger charge is -2.37. The van der Waals surface area contributed by atoms with Gasteiger partial charge in [-0.2, -0.15) is 0 Å². The summed E-state index contributed by atoms with van der Waals surface area (Å²) in [6.07, 6.45) is 0. The fraction of sp³-hybridized carbons (Fsp3) is 0.571. The van der Waals surface area contributed by atoms with Crippen molar-refractivity contribution in [1.82, 2.24) is 0 Å². The molecule has 0 saturated heterocycles. The maximum Gasteiger partial charge on any atom is 0.250 e. The quantitative estimate of drug-likeness (QED) is 0.390. The van der Waals surface area contributed by atoms with E-state index in [0.29, 0.717) is 5.56 Å². The SMILES string of the molecule is Cc1cc(-c2ccc(O[Si](C)(C)C(C)(C)C)cc2C(C)(C)O)c(O)cc1O[Si](C)(C)C(C)(C)C. The van der Waals surface area contributed by atoms with Gasteiger partial charge in [0.25, 0.3) is 0 Å². The molecule has 190 valence electrons. The van der Waals surface area contributed by atoms with Crippen LogP contribution in [0.25, 0.3) is 11.1 Å². The van der Waals surface area contributed by atoms with Crippen LogP contribution < -0.4 is 8.85 Å². The van der Waals surface area contributed by atoms with Crippen LogP contribution in [0.5, 0.6) is 17.2 Å². The van der Waals surface area contributed by atoms with Crippen LogP contribution in [0.3, 0.4) is 0 Å². The minimum atomic E-state index is -2.05. The van der Waals surface area contributed by atoms with Crippen LogP contribution in [0.4, 0.5) is 0 Å². The average molecular weight is 503 g/mol. The molecular weight excluding hydrogens is 456 g/mol. The molecule has 0 aliphatic heterocycles. The summed E-state index contributed by atoms with van der Waals surface area (Å²) >= 11 is 0. The van der Waals surface area contributed by atoms with E-state index in [2.05, 4.69) is 67.7 Å². The molecule has 0 radical (unpaired) electrons. The minimum Gasteiger partial charge on any atom is -0.543 e. The Morgan fingerprint density at radius 1 is 0.706 bits per heavy atom. The first kappa shape index (κ1) is 28.5. The van der Waals surface area contributed by atoms with Crippen molar-refractivity contribution in [1.29, 1.82) is 0 Å². The van der Waals surface area contributed by atoms with Crippen LogP contribution in [0.15, 0.2) is 30.3 Å². The maximum absolute atomic E-state index is 11.1. The highest BCUT2D eigenvalue weighted by Crippen LogP contribution is 2.44. The van der Waals surface area contributed by atoms with Crippen LogP contribution in [0.1, 0.15) is 66.5 Å². The lowest BCUT2D eigenvalue weighted by molar-refractivity contribution is 0.0790. The molecule has 6 heteroatoms. The zero-order valence-electron chi connectivity index (χ0n) is 23.6. The molecule has 34 heavy (non-hydrogen) atoms. The van der Waals surface area contributed by atoms with Gasteiger partial charge in [-0.15, -0.1) is 0 Å². The molecule has 0 aliphatic carbocycles. The summed E-state index contributed by atoms with van der Waals surface area (Å²) in [6.45, 7) is 27.6. The van der Waals surface area contributed by atoms with Gasteiger partial charge >= 0.3 is 0 Å². The number of rotatable bonds is 6. The predicted molar refractivity (Wildman–Crippen MR) is 149 cm³/mol. The van der Waals surface area contributed by atoms with Crippen molar-refractivity contribution in [3.8, 4) is 28.4 Å². The Balaban J connectivity index is 2.58. The van der Waals surface area contributed by atoms with Gasteiger partial charge in [-0.25, -0.2) is 0 Å². The monoisotopic (exact) mass is 502 g/mol. The van der Waals surface area contributed by atoms with E-state index >= 15 is 0 Å². The second-order valence-electron chi connectivity index (χ2n) is 13.1. The molecule has 0 fully saturated rings. The zero-order chi connectivity index (χ0) is 26.5. The van der Waals surface area contributed by atoms with E-state index in [1.807, 2.05) is 31.2 Å².